The van der Waals surface area contributed by atoms with Gasteiger partial charge in [-0.15, -0.1) is 0 Å². The van der Waals surface area contributed by atoms with Crippen molar-refractivity contribution in [1.82, 2.24) is 4.72 Å². The first kappa shape index (κ1) is 19.9. The average Bonchev–Trinajstić information content (AvgIpc) is 2.49. The standard InChI is InChI=1S/C17H28INO2S/c1-3-4-5-6-7-8-9-16(14-18)19-22(20,21)17-12-10-15(2)11-13-17/h10-13,16,19H,3-9,14H2,1-2H3. The average molecular weight is 437 g/mol. The van der Waals surface area contributed by atoms with Crippen LogP contribution in [0.4, 0.5) is 0 Å². The second-order valence-corrected chi connectivity index (χ2v) is 8.44. The normalized spacial score (nSPS) is 13.2. The highest BCUT2D eigenvalue weighted by molar-refractivity contribution is 14.1. The highest BCUT2D eigenvalue weighted by Gasteiger charge is 2.18. The zero-order valence-electron chi connectivity index (χ0n) is 13.6. The van der Waals surface area contributed by atoms with Gasteiger partial charge < -0.3 is 0 Å². The van der Waals surface area contributed by atoms with Gasteiger partial charge >= 0.3 is 0 Å². The molecular formula is C17H28INO2S. The first-order valence-electron chi connectivity index (χ1n) is 8.14. The second-order valence-electron chi connectivity index (χ2n) is 5.84. The molecule has 5 heteroatoms. The Morgan fingerprint density at radius 2 is 1.64 bits per heavy atom. The molecule has 0 saturated carbocycles. The van der Waals surface area contributed by atoms with Crippen molar-refractivity contribution in [2.24, 2.45) is 0 Å². The maximum absolute atomic E-state index is 12.4. The van der Waals surface area contributed by atoms with E-state index < -0.39 is 10.0 Å². The summed E-state index contributed by atoms with van der Waals surface area (Å²) in [5.41, 5.74) is 1.07. The summed E-state index contributed by atoms with van der Waals surface area (Å²) in [4.78, 5) is 0.357. The van der Waals surface area contributed by atoms with E-state index in [0.717, 1.165) is 22.8 Å². The molecule has 0 spiro atoms. The maximum Gasteiger partial charge on any atom is 0.240 e. The van der Waals surface area contributed by atoms with Gasteiger partial charge in [-0.25, -0.2) is 13.1 Å². The quantitative estimate of drug-likeness (QED) is 0.306. The van der Waals surface area contributed by atoms with Crippen LogP contribution in [0.3, 0.4) is 0 Å². The van der Waals surface area contributed by atoms with Gasteiger partial charge in [-0.2, -0.15) is 0 Å². The van der Waals surface area contributed by atoms with Crippen molar-refractivity contribution in [2.75, 3.05) is 4.43 Å². The summed E-state index contributed by atoms with van der Waals surface area (Å²) in [5, 5.41) is 0. The number of halogens is 1. The van der Waals surface area contributed by atoms with Gasteiger partial charge in [-0.1, -0.05) is 85.7 Å². The molecule has 0 aliphatic rings. The Morgan fingerprint density at radius 3 is 2.23 bits per heavy atom. The van der Waals surface area contributed by atoms with Gasteiger partial charge in [-0.3, -0.25) is 0 Å². The van der Waals surface area contributed by atoms with Crippen molar-refractivity contribution in [3.63, 3.8) is 0 Å². The fourth-order valence-electron chi connectivity index (χ4n) is 2.34. The lowest BCUT2D eigenvalue weighted by Gasteiger charge is -2.16. The molecular weight excluding hydrogens is 409 g/mol. The number of sulfonamides is 1. The van der Waals surface area contributed by atoms with Crippen molar-refractivity contribution < 1.29 is 8.42 Å². The highest BCUT2D eigenvalue weighted by atomic mass is 127. The minimum atomic E-state index is -3.39. The largest absolute Gasteiger partial charge is 0.240 e. The Morgan fingerprint density at radius 1 is 1.05 bits per heavy atom. The molecule has 3 nitrogen and oxygen atoms in total. The summed E-state index contributed by atoms with van der Waals surface area (Å²) in [6, 6.07) is 7.04. The first-order valence-corrected chi connectivity index (χ1v) is 11.2. The smallest absolute Gasteiger partial charge is 0.207 e. The van der Waals surface area contributed by atoms with Crippen LogP contribution in [0.25, 0.3) is 0 Å². The number of rotatable bonds is 11. The molecule has 1 unspecified atom stereocenters. The summed E-state index contributed by atoms with van der Waals surface area (Å²) in [5.74, 6) is 0. The van der Waals surface area contributed by atoms with E-state index in [4.69, 9.17) is 0 Å². The highest BCUT2D eigenvalue weighted by Crippen LogP contribution is 2.14. The molecule has 0 saturated heterocycles. The summed E-state index contributed by atoms with van der Waals surface area (Å²) >= 11 is 2.26. The molecule has 0 bridgehead atoms. The number of hydrogen-bond donors (Lipinski definition) is 1. The van der Waals surface area contributed by atoms with Crippen LogP contribution >= 0.6 is 22.6 Å². The van der Waals surface area contributed by atoms with Gasteiger partial charge in [0.05, 0.1) is 4.90 Å². The second kappa shape index (κ2) is 10.6. The van der Waals surface area contributed by atoms with Gasteiger partial charge in [-0.05, 0) is 25.5 Å². The van der Waals surface area contributed by atoms with E-state index >= 15 is 0 Å². The van der Waals surface area contributed by atoms with Crippen LogP contribution in [0.5, 0.6) is 0 Å². The van der Waals surface area contributed by atoms with Crippen molar-refractivity contribution in [2.45, 2.75) is 69.7 Å². The van der Waals surface area contributed by atoms with Gasteiger partial charge in [0.2, 0.25) is 10.0 Å². The van der Waals surface area contributed by atoms with Crippen LogP contribution in [0.15, 0.2) is 29.2 Å². The number of nitrogens with one attached hydrogen (secondary N) is 1. The lowest BCUT2D eigenvalue weighted by molar-refractivity contribution is 0.521. The van der Waals surface area contributed by atoms with E-state index in [2.05, 4.69) is 34.2 Å². The molecule has 126 valence electrons. The Labute approximate surface area is 149 Å². The predicted octanol–water partition coefficient (Wildman–Crippen LogP) is 4.83. The summed E-state index contributed by atoms with van der Waals surface area (Å²) < 4.78 is 28.4. The molecule has 0 aliphatic carbocycles. The topological polar surface area (TPSA) is 46.2 Å². The Hall–Kier alpha value is -0.140. The number of benzene rings is 1. The van der Waals surface area contributed by atoms with Crippen LogP contribution < -0.4 is 4.72 Å². The van der Waals surface area contributed by atoms with E-state index in [9.17, 15) is 8.42 Å². The van der Waals surface area contributed by atoms with E-state index in [0.29, 0.717) is 4.90 Å². The van der Waals surface area contributed by atoms with Crippen molar-refractivity contribution in [3.05, 3.63) is 29.8 Å². The van der Waals surface area contributed by atoms with Crippen LogP contribution in [0.1, 0.15) is 57.4 Å². The van der Waals surface area contributed by atoms with Crippen LogP contribution in [-0.2, 0) is 10.0 Å². The minimum Gasteiger partial charge on any atom is -0.207 e. The lowest BCUT2D eigenvalue weighted by atomic mass is 10.1. The first-order chi connectivity index (χ1) is 10.5. The molecule has 0 aliphatic heterocycles. The minimum absolute atomic E-state index is 0.0260. The molecule has 1 N–H and O–H groups in total. The van der Waals surface area contributed by atoms with Crippen LogP contribution in [-0.4, -0.2) is 18.9 Å². The van der Waals surface area contributed by atoms with Crippen molar-refractivity contribution >= 4 is 32.6 Å². The molecule has 22 heavy (non-hydrogen) atoms. The van der Waals surface area contributed by atoms with Crippen molar-refractivity contribution in [3.8, 4) is 0 Å². The van der Waals surface area contributed by atoms with Crippen LogP contribution in [0.2, 0.25) is 0 Å². The van der Waals surface area contributed by atoms with E-state index in [-0.39, 0.29) is 6.04 Å². The summed E-state index contributed by atoms with van der Waals surface area (Å²) in [6.45, 7) is 4.17. The molecule has 1 aromatic rings. The predicted molar refractivity (Wildman–Crippen MR) is 102 cm³/mol. The van der Waals surface area contributed by atoms with Gasteiger partial charge in [0.15, 0.2) is 0 Å². The SMILES string of the molecule is CCCCCCCCC(CI)NS(=O)(=O)c1ccc(C)cc1. The number of alkyl halides is 1. The zero-order valence-corrected chi connectivity index (χ0v) is 16.6. The zero-order chi connectivity index (χ0) is 16.4. The number of hydrogen-bond acceptors (Lipinski definition) is 2. The number of aryl methyl sites for hydroxylation is 1. The third kappa shape index (κ3) is 7.42. The molecule has 0 radical (unpaired) electrons. The molecule has 1 aromatic carbocycles. The van der Waals surface area contributed by atoms with Gasteiger partial charge in [0.1, 0.15) is 0 Å². The summed E-state index contributed by atoms with van der Waals surface area (Å²) in [6.07, 6.45) is 8.31. The lowest BCUT2D eigenvalue weighted by Crippen LogP contribution is -2.36. The molecule has 0 fully saturated rings. The van der Waals surface area contributed by atoms with Gasteiger partial charge in [0, 0.05) is 10.5 Å². The van der Waals surface area contributed by atoms with Crippen molar-refractivity contribution in [1.29, 1.82) is 0 Å². The maximum atomic E-state index is 12.4. The fourth-order valence-corrected chi connectivity index (χ4v) is 4.57. The summed E-state index contributed by atoms with van der Waals surface area (Å²) in [7, 11) is -3.39. The molecule has 1 rings (SSSR count). The molecule has 1 atom stereocenters. The third-order valence-electron chi connectivity index (χ3n) is 3.75. The van der Waals surface area contributed by atoms with E-state index in [1.807, 2.05) is 19.1 Å². The molecule has 0 amide bonds. The van der Waals surface area contributed by atoms with E-state index in [1.165, 1.54) is 32.1 Å². The Balaban J connectivity index is 2.45. The fraction of sp³-hybridized carbons (Fsp3) is 0.647. The van der Waals surface area contributed by atoms with E-state index in [1.54, 1.807) is 12.1 Å². The van der Waals surface area contributed by atoms with Gasteiger partial charge in [0.25, 0.3) is 0 Å². The monoisotopic (exact) mass is 437 g/mol. The molecule has 0 heterocycles. The molecule has 0 aromatic heterocycles. The Bertz CT molecular complexity index is 514. The van der Waals surface area contributed by atoms with Crippen LogP contribution in [0, 0.1) is 6.92 Å². The number of unbranched alkanes of at least 4 members (excludes halogenated alkanes) is 5. The third-order valence-corrected chi connectivity index (χ3v) is 6.35. The Kier molecular flexibility index (Phi) is 9.59.